The number of benzene rings is 1. The Morgan fingerprint density at radius 3 is 2.71 bits per heavy atom. The Kier molecular flexibility index (Phi) is 4.46. The smallest absolute Gasteiger partial charge is 0.0807 e. The van der Waals surface area contributed by atoms with Crippen molar-refractivity contribution in [3.05, 3.63) is 46.5 Å². The van der Waals surface area contributed by atoms with E-state index in [0.717, 1.165) is 12.0 Å². The van der Waals surface area contributed by atoms with Gasteiger partial charge in [0.1, 0.15) is 0 Å². The molecule has 76 valence electrons. The van der Waals surface area contributed by atoms with Crippen molar-refractivity contribution in [1.29, 1.82) is 0 Å². The van der Waals surface area contributed by atoms with Gasteiger partial charge in [0, 0.05) is 10.0 Å². The Hall–Kier alpha value is -0.500. The van der Waals surface area contributed by atoms with Gasteiger partial charge < -0.3 is 5.11 Å². The second-order valence-electron chi connectivity index (χ2n) is 3.05. The molecule has 1 aromatic rings. The van der Waals surface area contributed by atoms with Gasteiger partial charge in [0.25, 0.3) is 0 Å². The molecule has 0 fully saturated rings. The van der Waals surface area contributed by atoms with E-state index in [2.05, 4.69) is 6.58 Å². The van der Waals surface area contributed by atoms with Gasteiger partial charge in [-0.15, -0.1) is 6.58 Å². The summed E-state index contributed by atoms with van der Waals surface area (Å²) < 4.78 is 0. The zero-order valence-electron chi connectivity index (χ0n) is 7.71. The Balaban J connectivity index is 2.78. The van der Waals surface area contributed by atoms with E-state index in [9.17, 15) is 5.11 Å². The van der Waals surface area contributed by atoms with Crippen LogP contribution in [0.3, 0.4) is 0 Å². The lowest BCUT2D eigenvalue weighted by Gasteiger charge is -2.11. The highest BCUT2D eigenvalue weighted by Crippen LogP contribution is 2.28. The summed E-state index contributed by atoms with van der Waals surface area (Å²) in [6, 6.07) is 5.11. The van der Waals surface area contributed by atoms with Gasteiger partial charge in [-0.05, 0) is 30.5 Å². The maximum atomic E-state index is 9.75. The molecule has 1 atom stereocenters. The Labute approximate surface area is 94.0 Å². The predicted molar refractivity (Wildman–Crippen MR) is 60.9 cm³/mol. The van der Waals surface area contributed by atoms with E-state index in [1.54, 1.807) is 24.3 Å². The molecule has 0 heterocycles. The van der Waals surface area contributed by atoms with Gasteiger partial charge in [-0.25, -0.2) is 0 Å². The molecule has 0 radical (unpaired) electrons. The van der Waals surface area contributed by atoms with Crippen LogP contribution in [0.2, 0.25) is 10.0 Å². The SMILES string of the molecule is C=CCCC(O)c1ccc(Cl)cc1Cl. The molecular weight excluding hydrogens is 219 g/mol. The van der Waals surface area contributed by atoms with Crippen molar-refractivity contribution in [2.75, 3.05) is 0 Å². The molecule has 1 N–H and O–H groups in total. The molecule has 0 aliphatic carbocycles. The first-order chi connectivity index (χ1) is 6.65. The lowest BCUT2D eigenvalue weighted by atomic mass is 10.1. The minimum Gasteiger partial charge on any atom is -0.388 e. The van der Waals surface area contributed by atoms with E-state index in [0.29, 0.717) is 16.5 Å². The van der Waals surface area contributed by atoms with Crippen molar-refractivity contribution in [2.24, 2.45) is 0 Å². The number of aliphatic hydroxyl groups excluding tert-OH is 1. The quantitative estimate of drug-likeness (QED) is 0.776. The lowest BCUT2D eigenvalue weighted by Crippen LogP contribution is -1.97. The molecule has 1 unspecified atom stereocenters. The van der Waals surface area contributed by atoms with Crippen LogP contribution in [-0.4, -0.2) is 5.11 Å². The molecule has 0 bridgehead atoms. The molecule has 0 saturated carbocycles. The van der Waals surface area contributed by atoms with Crippen LogP contribution in [0.1, 0.15) is 24.5 Å². The molecule has 14 heavy (non-hydrogen) atoms. The molecule has 0 aromatic heterocycles. The average molecular weight is 231 g/mol. The van der Waals surface area contributed by atoms with Crippen LogP contribution in [-0.2, 0) is 0 Å². The van der Waals surface area contributed by atoms with Crippen LogP contribution in [0.15, 0.2) is 30.9 Å². The lowest BCUT2D eigenvalue weighted by molar-refractivity contribution is 0.169. The molecular formula is C11H12Cl2O. The van der Waals surface area contributed by atoms with Crippen LogP contribution in [0.4, 0.5) is 0 Å². The number of hydrogen-bond donors (Lipinski definition) is 1. The number of halogens is 2. The van der Waals surface area contributed by atoms with Crippen LogP contribution < -0.4 is 0 Å². The van der Waals surface area contributed by atoms with Crippen molar-refractivity contribution in [3.8, 4) is 0 Å². The summed E-state index contributed by atoms with van der Waals surface area (Å²) in [5, 5.41) is 10.8. The minimum atomic E-state index is -0.544. The highest BCUT2D eigenvalue weighted by atomic mass is 35.5. The van der Waals surface area contributed by atoms with Gasteiger partial charge in [0.2, 0.25) is 0 Å². The summed E-state index contributed by atoms with van der Waals surface area (Å²) in [6.07, 6.45) is 2.62. The molecule has 1 nitrogen and oxygen atoms in total. The largest absolute Gasteiger partial charge is 0.388 e. The summed E-state index contributed by atoms with van der Waals surface area (Å²) in [7, 11) is 0. The summed E-state index contributed by atoms with van der Waals surface area (Å²) >= 11 is 11.7. The third-order valence-corrected chi connectivity index (χ3v) is 2.53. The summed E-state index contributed by atoms with van der Waals surface area (Å²) in [6.45, 7) is 3.60. The topological polar surface area (TPSA) is 20.2 Å². The van der Waals surface area contributed by atoms with Crippen LogP contribution in [0.25, 0.3) is 0 Å². The van der Waals surface area contributed by atoms with Crippen LogP contribution in [0, 0.1) is 0 Å². The maximum Gasteiger partial charge on any atom is 0.0807 e. The maximum absolute atomic E-state index is 9.75. The first-order valence-corrected chi connectivity index (χ1v) is 5.14. The number of aliphatic hydroxyl groups is 1. The molecule has 0 spiro atoms. The van der Waals surface area contributed by atoms with E-state index in [4.69, 9.17) is 23.2 Å². The Bertz CT molecular complexity index is 323. The van der Waals surface area contributed by atoms with Crippen molar-refractivity contribution < 1.29 is 5.11 Å². The Morgan fingerprint density at radius 1 is 1.43 bits per heavy atom. The molecule has 0 aliphatic rings. The predicted octanol–water partition coefficient (Wildman–Crippen LogP) is 3.99. The number of allylic oxidation sites excluding steroid dienone is 1. The van der Waals surface area contributed by atoms with Crippen molar-refractivity contribution >= 4 is 23.2 Å². The van der Waals surface area contributed by atoms with Crippen molar-refractivity contribution in [1.82, 2.24) is 0 Å². The first kappa shape index (κ1) is 11.6. The van der Waals surface area contributed by atoms with E-state index in [1.807, 2.05) is 0 Å². The van der Waals surface area contributed by atoms with E-state index >= 15 is 0 Å². The summed E-state index contributed by atoms with van der Waals surface area (Å²) in [5.74, 6) is 0. The van der Waals surface area contributed by atoms with Gasteiger partial charge in [-0.3, -0.25) is 0 Å². The number of hydrogen-bond acceptors (Lipinski definition) is 1. The van der Waals surface area contributed by atoms with E-state index in [1.165, 1.54) is 0 Å². The van der Waals surface area contributed by atoms with Gasteiger partial charge >= 0.3 is 0 Å². The fourth-order valence-electron chi connectivity index (χ4n) is 1.20. The molecule has 0 amide bonds. The van der Waals surface area contributed by atoms with Gasteiger partial charge in [0.05, 0.1) is 6.10 Å². The highest BCUT2D eigenvalue weighted by Gasteiger charge is 2.10. The number of rotatable bonds is 4. The monoisotopic (exact) mass is 230 g/mol. The minimum absolute atomic E-state index is 0.508. The normalized spacial score (nSPS) is 12.5. The van der Waals surface area contributed by atoms with Gasteiger partial charge in [-0.1, -0.05) is 35.3 Å². The third-order valence-electron chi connectivity index (χ3n) is 1.97. The molecule has 0 saturated heterocycles. The van der Waals surface area contributed by atoms with Gasteiger partial charge in [-0.2, -0.15) is 0 Å². The van der Waals surface area contributed by atoms with E-state index in [-0.39, 0.29) is 0 Å². The van der Waals surface area contributed by atoms with Crippen molar-refractivity contribution in [3.63, 3.8) is 0 Å². The second kappa shape index (κ2) is 5.40. The molecule has 0 aliphatic heterocycles. The summed E-state index contributed by atoms with van der Waals surface area (Å²) in [5.41, 5.74) is 0.720. The highest BCUT2D eigenvalue weighted by molar-refractivity contribution is 6.35. The van der Waals surface area contributed by atoms with Crippen LogP contribution in [0.5, 0.6) is 0 Å². The Morgan fingerprint density at radius 2 is 2.14 bits per heavy atom. The zero-order valence-corrected chi connectivity index (χ0v) is 9.22. The van der Waals surface area contributed by atoms with Gasteiger partial charge in [0.15, 0.2) is 0 Å². The van der Waals surface area contributed by atoms with Crippen LogP contribution >= 0.6 is 23.2 Å². The fraction of sp³-hybridized carbons (Fsp3) is 0.273. The molecule has 1 aromatic carbocycles. The second-order valence-corrected chi connectivity index (χ2v) is 3.89. The summed E-state index contributed by atoms with van der Waals surface area (Å²) in [4.78, 5) is 0. The first-order valence-electron chi connectivity index (χ1n) is 4.39. The third kappa shape index (κ3) is 3.02. The van der Waals surface area contributed by atoms with Crippen molar-refractivity contribution in [2.45, 2.75) is 18.9 Å². The molecule has 3 heteroatoms. The zero-order chi connectivity index (χ0) is 10.6. The fourth-order valence-corrected chi connectivity index (χ4v) is 1.74. The molecule has 1 rings (SSSR count). The standard InChI is InChI=1S/C11H12Cl2O/c1-2-3-4-11(14)9-6-5-8(12)7-10(9)13/h2,5-7,11,14H,1,3-4H2. The average Bonchev–Trinajstić information content (AvgIpc) is 2.14. The van der Waals surface area contributed by atoms with E-state index < -0.39 is 6.10 Å².